The Morgan fingerprint density at radius 1 is 1.39 bits per heavy atom. The number of morpholine rings is 1. The molecule has 5 heteroatoms. The number of anilines is 2. The van der Waals surface area contributed by atoms with E-state index in [0.717, 1.165) is 45.1 Å². The van der Waals surface area contributed by atoms with Crippen LogP contribution in [0.25, 0.3) is 0 Å². The third-order valence-electron chi connectivity index (χ3n) is 3.13. The fourth-order valence-electron chi connectivity index (χ4n) is 2.05. The second-order valence-electron chi connectivity index (χ2n) is 4.30. The van der Waals surface area contributed by atoms with Gasteiger partial charge in [-0.2, -0.15) is 0 Å². The highest BCUT2D eigenvalue weighted by molar-refractivity contribution is 5.72. The number of nitrogens with zero attached hydrogens (tertiary/aromatic N) is 1. The number of nitrogens with two attached hydrogens (primary N) is 1. The maximum atomic E-state index is 5.99. The molecule has 1 aromatic carbocycles. The van der Waals surface area contributed by atoms with Gasteiger partial charge in [0.25, 0.3) is 0 Å². The van der Waals surface area contributed by atoms with Gasteiger partial charge in [0.1, 0.15) is 5.75 Å². The number of rotatable bonds is 5. The van der Waals surface area contributed by atoms with Gasteiger partial charge >= 0.3 is 0 Å². The summed E-state index contributed by atoms with van der Waals surface area (Å²) in [6.45, 7) is 5.56. The van der Waals surface area contributed by atoms with Crippen molar-refractivity contribution in [3.8, 4) is 5.75 Å². The van der Waals surface area contributed by atoms with Crippen molar-refractivity contribution in [3.63, 3.8) is 0 Å². The largest absolute Gasteiger partial charge is 0.495 e. The van der Waals surface area contributed by atoms with Gasteiger partial charge in [0.15, 0.2) is 0 Å². The molecule has 0 radical (unpaired) electrons. The van der Waals surface area contributed by atoms with Crippen molar-refractivity contribution in [3.05, 3.63) is 18.2 Å². The van der Waals surface area contributed by atoms with Crippen LogP contribution in [-0.4, -0.2) is 51.4 Å². The molecule has 1 fully saturated rings. The van der Waals surface area contributed by atoms with Gasteiger partial charge in [-0.05, 0) is 12.1 Å². The van der Waals surface area contributed by atoms with Crippen LogP contribution in [0.3, 0.4) is 0 Å². The zero-order valence-corrected chi connectivity index (χ0v) is 10.8. The highest BCUT2D eigenvalue weighted by Crippen LogP contribution is 2.28. The van der Waals surface area contributed by atoms with Crippen molar-refractivity contribution in [2.45, 2.75) is 0 Å². The van der Waals surface area contributed by atoms with Crippen molar-refractivity contribution in [2.75, 3.05) is 57.6 Å². The second-order valence-corrected chi connectivity index (χ2v) is 4.30. The van der Waals surface area contributed by atoms with Gasteiger partial charge in [0.2, 0.25) is 0 Å². The first kappa shape index (κ1) is 13.0. The van der Waals surface area contributed by atoms with Crippen LogP contribution in [0.5, 0.6) is 5.75 Å². The third kappa shape index (κ3) is 3.27. The number of hydrogen-bond donors (Lipinski definition) is 2. The number of methoxy groups -OCH3 is 1. The van der Waals surface area contributed by atoms with E-state index in [0.29, 0.717) is 11.4 Å². The Labute approximate surface area is 108 Å². The quantitative estimate of drug-likeness (QED) is 0.765. The Morgan fingerprint density at radius 2 is 2.17 bits per heavy atom. The highest BCUT2D eigenvalue weighted by atomic mass is 16.5. The number of hydrogen-bond acceptors (Lipinski definition) is 5. The zero-order valence-electron chi connectivity index (χ0n) is 10.8. The van der Waals surface area contributed by atoms with Gasteiger partial charge in [-0.3, -0.25) is 4.90 Å². The van der Waals surface area contributed by atoms with Crippen LogP contribution in [0.1, 0.15) is 0 Å². The van der Waals surface area contributed by atoms with E-state index < -0.39 is 0 Å². The Bertz CT molecular complexity index is 378. The number of ether oxygens (including phenoxy) is 2. The minimum absolute atomic E-state index is 0.668. The summed E-state index contributed by atoms with van der Waals surface area (Å²) < 4.78 is 10.5. The molecular formula is C13H21N3O2. The molecule has 0 saturated carbocycles. The number of para-hydroxylation sites is 1. The minimum Gasteiger partial charge on any atom is -0.495 e. The van der Waals surface area contributed by atoms with Crippen LogP contribution in [0.15, 0.2) is 18.2 Å². The molecule has 1 heterocycles. The number of benzene rings is 1. The molecule has 0 atom stereocenters. The summed E-state index contributed by atoms with van der Waals surface area (Å²) in [4.78, 5) is 2.38. The van der Waals surface area contributed by atoms with E-state index in [9.17, 15) is 0 Å². The van der Waals surface area contributed by atoms with Gasteiger partial charge in [-0.25, -0.2) is 0 Å². The lowest BCUT2D eigenvalue weighted by Gasteiger charge is -2.26. The number of nitrogen functional groups attached to an aromatic ring is 1. The summed E-state index contributed by atoms with van der Waals surface area (Å²) in [5.74, 6) is 0.714. The van der Waals surface area contributed by atoms with E-state index in [2.05, 4.69) is 10.2 Å². The molecule has 0 bridgehead atoms. The lowest BCUT2D eigenvalue weighted by Crippen LogP contribution is -2.39. The molecule has 1 saturated heterocycles. The van der Waals surface area contributed by atoms with Gasteiger partial charge in [-0.1, -0.05) is 6.07 Å². The molecule has 0 aliphatic carbocycles. The monoisotopic (exact) mass is 251 g/mol. The first-order valence-corrected chi connectivity index (χ1v) is 6.27. The second kappa shape index (κ2) is 6.47. The summed E-state index contributed by atoms with van der Waals surface area (Å²) in [6.07, 6.45) is 0. The molecule has 1 aliphatic rings. The predicted octanol–water partition coefficient (Wildman–Crippen LogP) is 1.02. The fraction of sp³-hybridized carbons (Fsp3) is 0.538. The molecule has 18 heavy (non-hydrogen) atoms. The van der Waals surface area contributed by atoms with E-state index in [1.54, 1.807) is 7.11 Å². The smallest absolute Gasteiger partial charge is 0.143 e. The molecular weight excluding hydrogens is 230 g/mol. The summed E-state index contributed by atoms with van der Waals surface area (Å²) in [7, 11) is 1.63. The van der Waals surface area contributed by atoms with E-state index in [-0.39, 0.29) is 0 Å². The van der Waals surface area contributed by atoms with Crippen molar-refractivity contribution in [1.82, 2.24) is 4.90 Å². The fourth-order valence-corrected chi connectivity index (χ4v) is 2.05. The van der Waals surface area contributed by atoms with Crippen molar-refractivity contribution in [1.29, 1.82) is 0 Å². The molecule has 3 N–H and O–H groups in total. The molecule has 1 aliphatic heterocycles. The van der Waals surface area contributed by atoms with Crippen LogP contribution in [0, 0.1) is 0 Å². The van der Waals surface area contributed by atoms with Gasteiger partial charge < -0.3 is 20.5 Å². The molecule has 100 valence electrons. The van der Waals surface area contributed by atoms with Crippen LogP contribution >= 0.6 is 0 Å². The summed E-state index contributed by atoms with van der Waals surface area (Å²) >= 11 is 0. The summed E-state index contributed by atoms with van der Waals surface area (Å²) in [6, 6.07) is 5.77. The molecule has 1 aromatic rings. The van der Waals surface area contributed by atoms with E-state index in [1.165, 1.54) is 0 Å². The summed E-state index contributed by atoms with van der Waals surface area (Å²) in [5, 5.41) is 3.35. The van der Waals surface area contributed by atoms with E-state index >= 15 is 0 Å². The standard InChI is InChI=1S/C13H21N3O2/c1-17-12-4-2-3-11(13(12)14)15-5-6-16-7-9-18-10-8-16/h2-4,15H,5-10,14H2,1H3. The van der Waals surface area contributed by atoms with E-state index in [1.807, 2.05) is 18.2 Å². The van der Waals surface area contributed by atoms with Gasteiger partial charge in [0, 0.05) is 26.2 Å². The Hall–Kier alpha value is -1.46. The maximum Gasteiger partial charge on any atom is 0.143 e. The van der Waals surface area contributed by atoms with Crippen molar-refractivity contribution >= 4 is 11.4 Å². The Morgan fingerprint density at radius 3 is 2.89 bits per heavy atom. The van der Waals surface area contributed by atoms with Crippen LogP contribution in [0.4, 0.5) is 11.4 Å². The molecule has 0 aromatic heterocycles. The normalized spacial score (nSPS) is 16.5. The van der Waals surface area contributed by atoms with Gasteiger partial charge in [0.05, 0.1) is 31.7 Å². The first-order valence-electron chi connectivity index (χ1n) is 6.27. The SMILES string of the molecule is COc1cccc(NCCN2CCOCC2)c1N. The molecule has 2 rings (SSSR count). The third-order valence-corrected chi connectivity index (χ3v) is 3.13. The topological polar surface area (TPSA) is 59.8 Å². The van der Waals surface area contributed by atoms with Crippen LogP contribution < -0.4 is 15.8 Å². The molecule has 5 nitrogen and oxygen atoms in total. The molecule has 0 amide bonds. The molecule has 0 spiro atoms. The van der Waals surface area contributed by atoms with Crippen molar-refractivity contribution in [2.24, 2.45) is 0 Å². The van der Waals surface area contributed by atoms with Gasteiger partial charge in [-0.15, -0.1) is 0 Å². The van der Waals surface area contributed by atoms with Crippen molar-refractivity contribution < 1.29 is 9.47 Å². The average Bonchev–Trinajstić information content (AvgIpc) is 2.42. The average molecular weight is 251 g/mol. The minimum atomic E-state index is 0.668. The van der Waals surface area contributed by atoms with E-state index in [4.69, 9.17) is 15.2 Å². The first-order chi connectivity index (χ1) is 8.81. The maximum absolute atomic E-state index is 5.99. The lowest BCUT2D eigenvalue weighted by atomic mass is 10.2. The predicted molar refractivity (Wildman–Crippen MR) is 73.2 cm³/mol. The lowest BCUT2D eigenvalue weighted by molar-refractivity contribution is 0.0398. The molecule has 0 unspecified atom stereocenters. The Balaban J connectivity index is 1.82. The summed E-state index contributed by atoms with van der Waals surface area (Å²) in [5.41, 5.74) is 7.59. The Kier molecular flexibility index (Phi) is 4.66. The number of nitrogens with one attached hydrogen (secondary N) is 1. The van der Waals surface area contributed by atoms with Crippen LogP contribution in [-0.2, 0) is 4.74 Å². The highest BCUT2D eigenvalue weighted by Gasteiger charge is 2.10. The zero-order chi connectivity index (χ0) is 12.8. The van der Waals surface area contributed by atoms with Crippen LogP contribution in [0.2, 0.25) is 0 Å².